The molecule has 0 aliphatic carbocycles. The van der Waals surface area contributed by atoms with Gasteiger partial charge in [0, 0.05) is 39.0 Å². The zero-order valence-corrected chi connectivity index (χ0v) is 10.9. The molecular weight excluding hydrogens is 216 g/mol. The lowest BCUT2D eigenvalue weighted by molar-refractivity contribution is -0.131. The molecular formula is C12H22N4O. The molecule has 0 saturated heterocycles. The predicted octanol–water partition coefficient (Wildman–Crippen LogP) is 0.717. The third-order valence-corrected chi connectivity index (χ3v) is 2.76. The van der Waals surface area contributed by atoms with E-state index in [4.69, 9.17) is 5.73 Å². The predicted molar refractivity (Wildman–Crippen MR) is 67.3 cm³/mol. The Kier molecular flexibility index (Phi) is 4.69. The molecule has 0 aliphatic rings. The van der Waals surface area contributed by atoms with Crippen LogP contribution in [0.5, 0.6) is 0 Å². The van der Waals surface area contributed by atoms with Gasteiger partial charge in [-0.3, -0.25) is 9.48 Å². The van der Waals surface area contributed by atoms with Crippen LogP contribution in [0.4, 0.5) is 0 Å². The number of hydrogen-bond acceptors (Lipinski definition) is 3. The Hall–Kier alpha value is -1.36. The van der Waals surface area contributed by atoms with Crippen molar-refractivity contribution in [1.82, 2.24) is 14.7 Å². The summed E-state index contributed by atoms with van der Waals surface area (Å²) in [5, 5.41) is 4.06. The van der Waals surface area contributed by atoms with Gasteiger partial charge in [-0.05, 0) is 18.0 Å². The molecule has 17 heavy (non-hydrogen) atoms. The molecule has 1 heterocycles. The van der Waals surface area contributed by atoms with E-state index < -0.39 is 0 Å². The van der Waals surface area contributed by atoms with Gasteiger partial charge in [0.15, 0.2) is 0 Å². The maximum atomic E-state index is 11.9. The second-order valence-electron chi connectivity index (χ2n) is 5.14. The molecule has 5 heteroatoms. The standard InChI is InChI=1S/C12H22N4O/c1-12(2,9-13)10-15(3)11(17)5-8-16-7-4-6-14-16/h4,6-7H,5,8-10,13H2,1-3H3. The van der Waals surface area contributed by atoms with E-state index in [0.29, 0.717) is 26.1 Å². The highest BCUT2D eigenvalue weighted by molar-refractivity contribution is 5.75. The number of rotatable bonds is 6. The van der Waals surface area contributed by atoms with Crippen molar-refractivity contribution in [2.24, 2.45) is 11.1 Å². The summed E-state index contributed by atoms with van der Waals surface area (Å²) < 4.78 is 1.76. The van der Waals surface area contributed by atoms with Crippen molar-refractivity contribution >= 4 is 5.91 Å². The number of amides is 1. The zero-order valence-electron chi connectivity index (χ0n) is 10.9. The van der Waals surface area contributed by atoms with Crippen molar-refractivity contribution < 1.29 is 4.79 Å². The number of aromatic nitrogens is 2. The first kappa shape index (κ1) is 13.7. The molecule has 0 unspecified atom stereocenters. The van der Waals surface area contributed by atoms with E-state index in [-0.39, 0.29) is 11.3 Å². The van der Waals surface area contributed by atoms with Crippen LogP contribution in [0.1, 0.15) is 20.3 Å². The zero-order chi connectivity index (χ0) is 12.9. The summed E-state index contributed by atoms with van der Waals surface area (Å²) in [6.07, 6.45) is 4.04. The first-order valence-electron chi connectivity index (χ1n) is 5.86. The van der Waals surface area contributed by atoms with Gasteiger partial charge in [-0.25, -0.2) is 0 Å². The molecule has 1 aromatic rings. The molecule has 0 spiro atoms. The van der Waals surface area contributed by atoms with E-state index in [9.17, 15) is 4.79 Å². The summed E-state index contributed by atoms with van der Waals surface area (Å²) in [5.41, 5.74) is 5.62. The molecule has 1 aromatic heterocycles. The van der Waals surface area contributed by atoms with Crippen molar-refractivity contribution in [3.05, 3.63) is 18.5 Å². The van der Waals surface area contributed by atoms with E-state index in [1.807, 2.05) is 19.3 Å². The number of hydrogen-bond donors (Lipinski definition) is 1. The monoisotopic (exact) mass is 238 g/mol. The smallest absolute Gasteiger partial charge is 0.224 e. The van der Waals surface area contributed by atoms with E-state index in [0.717, 1.165) is 0 Å². The summed E-state index contributed by atoms with van der Waals surface area (Å²) >= 11 is 0. The van der Waals surface area contributed by atoms with Gasteiger partial charge in [-0.1, -0.05) is 13.8 Å². The topological polar surface area (TPSA) is 64.2 Å². The third-order valence-electron chi connectivity index (χ3n) is 2.76. The number of aryl methyl sites for hydroxylation is 1. The van der Waals surface area contributed by atoms with Crippen LogP contribution in [-0.2, 0) is 11.3 Å². The Morgan fingerprint density at radius 2 is 2.24 bits per heavy atom. The molecule has 0 saturated carbocycles. The van der Waals surface area contributed by atoms with Gasteiger partial charge in [-0.15, -0.1) is 0 Å². The van der Waals surface area contributed by atoms with Crippen LogP contribution in [0, 0.1) is 5.41 Å². The SMILES string of the molecule is CN(CC(C)(C)CN)C(=O)CCn1cccn1. The Labute approximate surface area is 103 Å². The number of carbonyl (C=O) groups excluding carboxylic acids is 1. The largest absolute Gasteiger partial charge is 0.345 e. The Morgan fingerprint density at radius 3 is 2.76 bits per heavy atom. The molecule has 0 aromatic carbocycles. The van der Waals surface area contributed by atoms with Gasteiger partial charge in [-0.2, -0.15) is 5.10 Å². The number of nitrogens with zero attached hydrogens (tertiary/aromatic N) is 3. The molecule has 0 atom stereocenters. The molecule has 1 amide bonds. The van der Waals surface area contributed by atoms with Gasteiger partial charge in [0.2, 0.25) is 5.91 Å². The molecule has 96 valence electrons. The van der Waals surface area contributed by atoms with E-state index in [1.54, 1.807) is 15.8 Å². The van der Waals surface area contributed by atoms with Gasteiger partial charge >= 0.3 is 0 Å². The third kappa shape index (κ3) is 4.56. The van der Waals surface area contributed by atoms with Crippen molar-refractivity contribution in [2.45, 2.75) is 26.8 Å². The maximum Gasteiger partial charge on any atom is 0.224 e. The van der Waals surface area contributed by atoms with Crippen molar-refractivity contribution in [2.75, 3.05) is 20.1 Å². The fraction of sp³-hybridized carbons (Fsp3) is 0.667. The summed E-state index contributed by atoms with van der Waals surface area (Å²) in [6.45, 7) is 6.00. The number of carbonyl (C=O) groups is 1. The molecule has 0 aliphatic heterocycles. The van der Waals surface area contributed by atoms with Gasteiger partial charge in [0.25, 0.3) is 0 Å². The highest BCUT2D eigenvalue weighted by atomic mass is 16.2. The summed E-state index contributed by atoms with van der Waals surface area (Å²) in [4.78, 5) is 13.6. The number of nitrogens with two attached hydrogens (primary N) is 1. The fourth-order valence-electron chi connectivity index (χ4n) is 1.63. The highest BCUT2D eigenvalue weighted by Gasteiger charge is 2.20. The molecule has 5 nitrogen and oxygen atoms in total. The Balaban J connectivity index is 2.37. The first-order chi connectivity index (χ1) is 7.94. The van der Waals surface area contributed by atoms with Crippen LogP contribution in [0.2, 0.25) is 0 Å². The summed E-state index contributed by atoms with van der Waals surface area (Å²) in [6, 6.07) is 1.85. The average Bonchev–Trinajstić information content (AvgIpc) is 2.78. The van der Waals surface area contributed by atoms with Crippen molar-refractivity contribution in [3.8, 4) is 0 Å². The first-order valence-corrected chi connectivity index (χ1v) is 5.86. The second kappa shape index (κ2) is 5.82. The Morgan fingerprint density at radius 1 is 1.53 bits per heavy atom. The minimum atomic E-state index is -0.0316. The molecule has 0 radical (unpaired) electrons. The minimum absolute atomic E-state index is 0.0316. The van der Waals surface area contributed by atoms with Crippen LogP contribution >= 0.6 is 0 Å². The van der Waals surface area contributed by atoms with Crippen LogP contribution in [-0.4, -0.2) is 40.7 Å². The molecule has 0 fully saturated rings. The maximum absolute atomic E-state index is 11.9. The van der Waals surface area contributed by atoms with Crippen LogP contribution in [0.3, 0.4) is 0 Å². The van der Waals surface area contributed by atoms with Crippen molar-refractivity contribution in [3.63, 3.8) is 0 Å². The lowest BCUT2D eigenvalue weighted by Gasteiger charge is -2.29. The van der Waals surface area contributed by atoms with Crippen molar-refractivity contribution in [1.29, 1.82) is 0 Å². The van der Waals surface area contributed by atoms with E-state index in [1.165, 1.54) is 0 Å². The van der Waals surface area contributed by atoms with Gasteiger partial charge in [0.1, 0.15) is 0 Å². The second-order valence-corrected chi connectivity index (χ2v) is 5.14. The molecule has 2 N–H and O–H groups in total. The average molecular weight is 238 g/mol. The van der Waals surface area contributed by atoms with Crippen LogP contribution in [0.25, 0.3) is 0 Å². The minimum Gasteiger partial charge on any atom is -0.345 e. The fourth-order valence-corrected chi connectivity index (χ4v) is 1.63. The normalized spacial score (nSPS) is 11.5. The van der Waals surface area contributed by atoms with E-state index >= 15 is 0 Å². The molecule has 1 rings (SSSR count). The van der Waals surface area contributed by atoms with Crippen LogP contribution in [0.15, 0.2) is 18.5 Å². The quantitative estimate of drug-likeness (QED) is 0.794. The lowest BCUT2D eigenvalue weighted by Crippen LogP contribution is -2.40. The summed E-state index contributed by atoms with van der Waals surface area (Å²) in [5.74, 6) is 0.127. The van der Waals surface area contributed by atoms with E-state index in [2.05, 4.69) is 18.9 Å². The van der Waals surface area contributed by atoms with Gasteiger partial charge in [0.05, 0.1) is 0 Å². The van der Waals surface area contributed by atoms with Crippen LogP contribution < -0.4 is 5.73 Å². The molecule has 0 bridgehead atoms. The highest BCUT2D eigenvalue weighted by Crippen LogP contribution is 2.14. The lowest BCUT2D eigenvalue weighted by atomic mass is 9.93. The summed E-state index contributed by atoms with van der Waals surface area (Å²) in [7, 11) is 1.82. The Bertz CT molecular complexity index is 345. The van der Waals surface area contributed by atoms with Gasteiger partial charge < -0.3 is 10.6 Å².